The summed E-state index contributed by atoms with van der Waals surface area (Å²) in [5.74, 6) is 1.18. The summed E-state index contributed by atoms with van der Waals surface area (Å²) in [6, 6.07) is 11.4. The monoisotopic (exact) mass is 630 g/mol. The lowest BCUT2D eigenvalue weighted by Crippen LogP contribution is -2.18. The van der Waals surface area contributed by atoms with E-state index in [0.717, 1.165) is 41.0 Å². The van der Waals surface area contributed by atoms with Crippen LogP contribution in [0.15, 0.2) is 64.6 Å². The molecule has 0 spiro atoms. The van der Waals surface area contributed by atoms with E-state index in [1.807, 2.05) is 12.1 Å². The molecule has 2 aromatic heterocycles. The van der Waals surface area contributed by atoms with Gasteiger partial charge in [0.25, 0.3) is 6.01 Å². The Morgan fingerprint density at radius 2 is 1.70 bits per heavy atom. The van der Waals surface area contributed by atoms with Crippen LogP contribution in [0.25, 0.3) is 21.3 Å². The van der Waals surface area contributed by atoms with Crippen LogP contribution < -0.4 is 31.6 Å². The Balaban J connectivity index is 0.982. The topological polar surface area (TPSA) is 152 Å². The lowest BCUT2D eigenvalue weighted by molar-refractivity contribution is -0.322. The maximum Gasteiger partial charge on any atom is 0.295 e. The number of fused-ring (bicyclic) bond motifs is 2. The van der Waals surface area contributed by atoms with Gasteiger partial charge in [0.15, 0.2) is 10.7 Å². The predicted molar refractivity (Wildman–Crippen MR) is 166 cm³/mol. The van der Waals surface area contributed by atoms with Crippen LogP contribution in [0, 0.1) is 0 Å². The van der Waals surface area contributed by atoms with Crippen LogP contribution in [0.2, 0.25) is 0 Å². The van der Waals surface area contributed by atoms with E-state index < -0.39 is 0 Å². The maximum absolute atomic E-state index is 12.7. The van der Waals surface area contributed by atoms with E-state index in [4.69, 9.17) is 35.1 Å². The maximum atomic E-state index is 12.7. The summed E-state index contributed by atoms with van der Waals surface area (Å²) >= 11 is 1.52. The number of hydrogen-bond donors (Lipinski definition) is 4. The van der Waals surface area contributed by atoms with Crippen molar-refractivity contribution in [1.29, 1.82) is 0 Å². The van der Waals surface area contributed by atoms with Gasteiger partial charge in [0.05, 0.1) is 35.6 Å². The average molecular weight is 631 g/mol. The largest absolute Gasteiger partial charge is 0.489 e. The van der Waals surface area contributed by atoms with Crippen LogP contribution in [-0.2, 0) is 9.78 Å². The van der Waals surface area contributed by atoms with Gasteiger partial charge in [-0.05, 0) is 56.0 Å². The van der Waals surface area contributed by atoms with Gasteiger partial charge in [0.1, 0.15) is 30.2 Å². The van der Waals surface area contributed by atoms with Crippen molar-refractivity contribution >= 4 is 43.8 Å². The van der Waals surface area contributed by atoms with Crippen molar-refractivity contribution in [3.63, 3.8) is 0 Å². The number of nitrogens with two attached hydrogens (primary N) is 2. The summed E-state index contributed by atoms with van der Waals surface area (Å²) < 4.78 is 43.4. The molecule has 1 aliphatic carbocycles. The first-order valence-corrected chi connectivity index (χ1v) is 15.2. The van der Waals surface area contributed by atoms with E-state index in [2.05, 4.69) is 20.6 Å². The van der Waals surface area contributed by atoms with Crippen LogP contribution >= 0.6 is 11.3 Å². The van der Waals surface area contributed by atoms with Crippen LogP contribution in [0.3, 0.4) is 0 Å². The zero-order valence-electron chi connectivity index (χ0n) is 24.1. The van der Waals surface area contributed by atoms with Gasteiger partial charge in [-0.2, -0.15) is 4.98 Å². The molecule has 1 fully saturated rings. The molecule has 0 radical (unpaired) electrons. The summed E-state index contributed by atoms with van der Waals surface area (Å²) in [5.41, 5.74) is 13.8. The molecule has 6 N–H and O–H groups in total. The number of nitrogens with zero attached hydrogens (tertiary/aromatic N) is 2. The molecule has 44 heavy (non-hydrogen) atoms. The minimum atomic E-state index is -0.0212. The lowest BCUT2D eigenvalue weighted by atomic mass is 10.2. The van der Waals surface area contributed by atoms with Gasteiger partial charge in [0.2, 0.25) is 0 Å². The third kappa shape index (κ3) is 8.64. The standard InChI is InChI=1S/C30H36F2N6O5S/c31-13-19(15-33)17-39-22-4-6-25-27(11-22)42-29(37-25)36-21-2-3-24(10-21)43-41-9-1-8-35-30-38-26-7-5-23(12-28(26)44-30)40-18-20(14-32)16-34/h4-7,11-14,21,24H,1-3,8-10,15-18,33-34H2,(H,35,38)(H,36,37)/b19-13+,20-14+. The van der Waals surface area contributed by atoms with Crippen molar-refractivity contribution in [1.82, 2.24) is 9.97 Å². The second kappa shape index (κ2) is 15.8. The number of hydrogen-bond acceptors (Lipinski definition) is 12. The highest BCUT2D eigenvalue weighted by Crippen LogP contribution is 2.30. The van der Waals surface area contributed by atoms with Crippen molar-refractivity contribution in [3.8, 4) is 11.5 Å². The molecule has 236 valence electrons. The molecule has 0 saturated heterocycles. The normalized spacial score (nSPS) is 17.5. The van der Waals surface area contributed by atoms with E-state index in [1.165, 1.54) is 11.3 Å². The molecule has 14 heteroatoms. The van der Waals surface area contributed by atoms with Gasteiger partial charge >= 0.3 is 0 Å². The Morgan fingerprint density at radius 1 is 0.977 bits per heavy atom. The molecule has 2 aromatic carbocycles. The fourth-order valence-electron chi connectivity index (χ4n) is 4.55. The summed E-state index contributed by atoms with van der Waals surface area (Å²) in [5, 5.41) is 7.45. The Morgan fingerprint density at radius 3 is 2.43 bits per heavy atom. The molecule has 4 aromatic rings. The second-order valence-electron chi connectivity index (χ2n) is 10.3. The second-order valence-corrected chi connectivity index (χ2v) is 11.3. The molecule has 0 amide bonds. The number of nitrogens with one attached hydrogen (secondary N) is 2. The third-order valence-electron chi connectivity index (χ3n) is 7.00. The molecule has 0 aliphatic heterocycles. The van der Waals surface area contributed by atoms with Crippen molar-refractivity contribution in [3.05, 3.63) is 60.2 Å². The number of aromatic nitrogens is 2. The number of halogens is 2. The molecule has 0 bridgehead atoms. The zero-order chi connectivity index (χ0) is 30.7. The Hall–Kier alpha value is -3.82. The fourth-order valence-corrected chi connectivity index (χ4v) is 5.47. The summed E-state index contributed by atoms with van der Waals surface area (Å²) in [6.45, 7) is 1.50. The minimum absolute atomic E-state index is 0.0212. The van der Waals surface area contributed by atoms with Gasteiger partial charge in [-0.25, -0.2) is 23.5 Å². The Bertz CT molecular complexity index is 1580. The molecule has 2 heterocycles. The van der Waals surface area contributed by atoms with Crippen molar-refractivity contribution in [2.75, 3.05) is 50.1 Å². The van der Waals surface area contributed by atoms with E-state index >= 15 is 0 Å². The number of benzene rings is 2. The molecule has 2 atom stereocenters. The van der Waals surface area contributed by atoms with Crippen molar-refractivity contribution in [2.24, 2.45) is 11.5 Å². The smallest absolute Gasteiger partial charge is 0.295 e. The quantitative estimate of drug-likeness (QED) is 0.0655. The number of oxazole rings is 1. The Kier molecular flexibility index (Phi) is 11.3. The number of rotatable bonds is 17. The molecule has 2 unspecified atom stereocenters. The lowest BCUT2D eigenvalue weighted by Gasteiger charge is -2.12. The van der Waals surface area contributed by atoms with Crippen LogP contribution in [0.1, 0.15) is 25.7 Å². The molecule has 11 nitrogen and oxygen atoms in total. The fraction of sp³-hybridized carbons (Fsp3) is 0.400. The molecule has 5 rings (SSSR count). The first-order chi connectivity index (χ1) is 21.6. The molecule has 1 saturated carbocycles. The molecular formula is C30H36F2N6O5S. The third-order valence-corrected chi connectivity index (χ3v) is 7.97. The highest BCUT2D eigenvalue weighted by molar-refractivity contribution is 7.22. The van der Waals surface area contributed by atoms with Crippen molar-refractivity contribution in [2.45, 2.75) is 37.8 Å². The van der Waals surface area contributed by atoms with Gasteiger partial charge in [-0.15, -0.1) is 0 Å². The van der Waals surface area contributed by atoms with Gasteiger partial charge in [-0.3, -0.25) is 0 Å². The highest BCUT2D eigenvalue weighted by atomic mass is 32.1. The van der Waals surface area contributed by atoms with Gasteiger partial charge in [0, 0.05) is 42.9 Å². The highest BCUT2D eigenvalue weighted by Gasteiger charge is 2.27. The van der Waals surface area contributed by atoms with Crippen molar-refractivity contribution < 1.29 is 32.4 Å². The minimum Gasteiger partial charge on any atom is -0.489 e. The predicted octanol–water partition coefficient (Wildman–Crippen LogP) is 5.60. The van der Waals surface area contributed by atoms with Crippen LogP contribution in [0.4, 0.5) is 19.9 Å². The summed E-state index contributed by atoms with van der Waals surface area (Å²) in [4.78, 5) is 20.2. The number of anilines is 2. The SMILES string of the molecule is NC/C(=C\F)COc1ccc2nc(NC3CCC(OOCCCNc4nc5ccc(OC/C(=C/F)CN)cc5s4)C3)oc2c1. The average Bonchev–Trinajstić information content (AvgIpc) is 3.77. The number of thiazole rings is 1. The molecular weight excluding hydrogens is 594 g/mol. The molecule has 1 aliphatic rings. The Labute approximate surface area is 257 Å². The van der Waals surface area contributed by atoms with Gasteiger partial charge < -0.3 is 36.0 Å². The van der Waals surface area contributed by atoms with Crippen LogP contribution in [0.5, 0.6) is 11.5 Å². The first-order valence-electron chi connectivity index (χ1n) is 14.4. The first kappa shape index (κ1) is 31.6. The van der Waals surface area contributed by atoms with E-state index in [-0.39, 0.29) is 38.4 Å². The summed E-state index contributed by atoms with van der Waals surface area (Å²) in [6.07, 6.45) is 4.17. The van der Waals surface area contributed by atoms with Crippen LogP contribution in [-0.4, -0.2) is 61.6 Å². The van der Waals surface area contributed by atoms with E-state index in [1.54, 1.807) is 24.3 Å². The van der Waals surface area contributed by atoms with E-state index in [0.29, 0.717) is 65.6 Å². The zero-order valence-corrected chi connectivity index (χ0v) is 24.9. The summed E-state index contributed by atoms with van der Waals surface area (Å²) in [7, 11) is 0. The number of ether oxygens (including phenoxy) is 2. The van der Waals surface area contributed by atoms with Gasteiger partial charge in [-0.1, -0.05) is 11.3 Å². The van der Waals surface area contributed by atoms with E-state index in [9.17, 15) is 8.78 Å².